The van der Waals surface area contributed by atoms with E-state index in [4.69, 9.17) is 9.47 Å². The molecular formula is C19H27N3O3. The van der Waals surface area contributed by atoms with Crippen molar-refractivity contribution in [2.45, 2.75) is 12.8 Å². The minimum Gasteiger partial charge on any atom is -0.486 e. The van der Waals surface area contributed by atoms with E-state index < -0.39 is 0 Å². The number of carbonyl (C=O) groups is 1. The van der Waals surface area contributed by atoms with E-state index in [1.807, 2.05) is 23.1 Å². The lowest BCUT2D eigenvalue weighted by molar-refractivity contribution is 0.0617. The molecule has 0 spiro atoms. The number of hydrogen-bond acceptors (Lipinski definition) is 5. The summed E-state index contributed by atoms with van der Waals surface area (Å²) >= 11 is 0. The lowest BCUT2D eigenvalue weighted by Crippen LogP contribution is -2.50. The number of rotatable bonds is 4. The molecule has 3 heterocycles. The second-order valence-corrected chi connectivity index (χ2v) is 7.01. The minimum atomic E-state index is 0.0570. The minimum absolute atomic E-state index is 0.0570. The molecule has 1 aromatic rings. The Balaban J connectivity index is 1.32. The molecule has 136 valence electrons. The number of nitrogens with zero attached hydrogens (tertiary/aromatic N) is 3. The smallest absolute Gasteiger partial charge is 0.257 e. The summed E-state index contributed by atoms with van der Waals surface area (Å²) in [5.41, 5.74) is 0.628. The van der Waals surface area contributed by atoms with Crippen LogP contribution in [-0.4, -0.2) is 86.2 Å². The first-order valence-corrected chi connectivity index (χ1v) is 9.44. The molecule has 0 atom stereocenters. The topological polar surface area (TPSA) is 45.3 Å². The lowest BCUT2D eigenvalue weighted by atomic mass is 10.1. The molecule has 6 heteroatoms. The zero-order valence-corrected chi connectivity index (χ0v) is 14.8. The Labute approximate surface area is 149 Å². The Morgan fingerprint density at radius 2 is 1.56 bits per heavy atom. The van der Waals surface area contributed by atoms with Gasteiger partial charge in [-0.2, -0.15) is 0 Å². The van der Waals surface area contributed by atoms with E-state index in [0.29, 0.717) is 30.3 Å². The van der Waals surface area contributed by atoms with E-state index in [2.05, 4.69) is 9.80 Å². The van der Waals surface area contributed by atoms with E-state index in [9.17, 15) is 4.79 Å². The SMILES string of the molecule is O=C(c1cccc2c1OCCO2)N1CCN(CCN2CCCC2)CC1. The third-order valence-corrected chi connectivity index (χ3v) is 5.39. The van der Waals surface area contributed by atoms with Crippen molar-refractivity contribution < 1.29 is 14.3 Å². The van der Waals surface area contributed by atoms with Gasteiger partial charge in [-0.15, -0.1) is 0 Å². The Hall–Kier alpha value is -1.79. The molecule has 0 N–H and O–H groups in total. The summed E-state index contributed by atoms with van der Waals surface area (Å²) in [6.45, 7) is 9.27. The van der Waals surface area contributed by atoms with Crippen molar-refractivity contribution in [3.8, 4) is 11.5 Å². The van der Waals surface area contributed by atoms with E-state index in [1.165, 1.54) is 25.9 Å². The van der Waals surface area contributed by atoms with Crippen LogP contribution in [0, 0.1) is 0 Å². The van der Waals surface area contributed by atoms with Gasteiger partial charge >= 0.3 is 0 Å². The maximum atomic E-state index is 12.9. The molecule has 4 rings (SSSR count). The van der Waals surface area contributed by atoms with Crippen molar-refractivity contribution in [2.75, 3.05) is 65.6 Å². The first-order chi connectivity index (χ1) is 12.3. The first kappa shape index (κ1) is 16.7. The number of benzene rings is 1. The standard InChI is InChI=1S/C19H27N3O3/c23-19(16-4-3-5-17-18(16)25-15-14-24-17)22-12-10-21(11-13-22)9-8-20-6-1-2-7-20/h3-5H,1-2,6-15H2. The van der Waals surface area contributed by atoms with E-state index in [1.54, 1.807) is 0 Å². The number of ether oxygens (including phenoxy) is 2. The Morgan fingerprint density at radius 3 is 2.32 bits per heavy atom. The van der Waals surface area contributed by atoms with Crippen LogP contribution in [0.15, 0.2) is 18.2 Å². The third-order valence-electron chi connectivity index (χ3n) is 5.39. The first-order valence-electron chi connectivity index (χ1n) is 9.44. The van der Waals surface area contributed by atoms with Gasteiger partial charge in [0.15, 0.2) is 11.5 Å². The van der Waals surface area contributed by atoms with Crippen molar-refractivity contribution in [3.63, 3.8) is 0 Å². The number of amides is 1. The fraction of sp³-hybridized carbons (Fsp3) is 0.632. The number of para-hydroxylation sites is 1. The highest BCUT2D eigenvalue weighted by atomic mass is 16.6. The molecule has 0 aliphatic carbocycles. The van der Waals surface area contributed by atoms with Crippen LogP contribution in [0.3, 0.4) is 0 Å². The van der Waals surface area contributed by atoms with E-state index in [0.717, 1.165) is 39.3 Å². The number of carbonyl (C=O) groups excluding carboxylic acids is 1. The zero-order valence-electron chi connectivity index (χ0n) is 14.8. The van der Waals surface area contributed by atoms with Crippen molar-refractivity contribution in [1.82, 2.24) is 14.7 Å². The Kier molecular flexibility index (Phi) is 5.08. The van der Waals surface area contributed by atoms with Gasteiger partial charge < -0.3 is 19.3 Å². The summed E-state index contributed by atoms with van der Waals surface area (Å²) < 4.78 is 11.3. The van der Waals surface area contributed by atoms with Crippen molar-refractivity contribution >= 4 is 5.91 Å². The maximum Gasteiger partial charge on any atom is 0.257 e. The molecule has 0 radical (unpaired) electrons. The molecule has 2 saturated heterocycles. The van der Waals surface area contributed by atoms with Gasteiger partial charge in [-0.25, -0.2) is 0 Å². The summed E-state index contributed by atoms with van der Waals surface area (Å²) in [6, 6.07) is 5.57. The van der Waals surface area contributed by atoms with E-state index in [-0.39, 0.29) is 5.91 Å². The van der Waals surface area contributed by atoms with Crippen molar-refractivity contribution in [3.05, 3.63) is 23.8 Å². The normalized spacial score (nSPS) is 21.5. The molecule has 0 bridgehead atoms. The highest BCUT2D eigenvalue weighted by Gasteiger charge is 2.27. The number of hydrogen-bond donors (Lipinski definition) is 0. The largest absolute Gasteiger partial charge is 0.486 e. The molecule has 1 amide bonds. The van der Waals surface area contributed by atoms with Crippen LogP contribution >= 0.6 is 0 Å². The molecule has 25 heavy (non-hydrogen) atoms. The Bertz CT molecular complexity index is 608. The lowest BCUT2D eigenvalue weighted by Gasteiger charge is -2.35. The molecule has 3 aliphatic heterocycles. The summed E-state index contributed by atoms with van der Waals surface area (Å²) in [4.78, 5) is 19.9. The quantitative estimate of drug-likeness (QED) is 0.823. The number of piperazine rings is 1. The molecule has 2 fully saturated rings. The fourth-order valence-corrected chi connectivity index (χ4v) is 3.88. The van der Waals surface area contributed by atoms with Gasteiger partial charge in [0.1, 0.15) is 13.2 Å². The number of likely N-dealkylation sites (tertiary alicyclic amines) is 1. The average Bonchev–Trinajstić information content (AvgIpc) is 3.19. The van der Waals surface area contributed by atoms with Gasteiger partial charge in [0.05, 0.1) is 5.56 Å². The van der Waals surface area contributed by atoms with Crippen LogP contribution in [0.5, 0.6) is 11.5 Å². The van der Waals surface area contributed by atoms with E-state index >= 15 is 0 Å². The maximum absolute atomic E-state index is 12.9. The van der Waals surface area contributed by atoms with Gasteiger partial charge in [-0.1, -0.05) is 6.07 Å². The predicted octanol–water partition coefficient (Wildman–Crippen LogP) is 1.31. The van der Waals surface area contributed by atoms with Gasteiger partial charge in [-0.05, 0) is 38.1 Å². The molecule has 3 aliphatic rings. The van der Waals surface area contributed by atoms with Crippen molar-refractivity contribution in [1.29, 1.82) is 0 Å². The van der Waals surface area contributed by atoms with Crippen LogP contribution in [-0.2, 0) is 0 Å². The summed E-state index contributed by atoms with van der Waals surface area (Å²) in [5.74, 6) is 1.35. The molecule has 0 unspecified atom stereocenters. The van der Waals surface area contributed by atoms with Crippen LogP contribution in [0.4, 0.5) is 0 Å². The van der Waals surface area contributed by atoms with Crippen molar-refractivity contribution in [2.24, 2.45) is 0 Å². The molecular weight excluding hydrogens is 318 g/mol. The monoisotopic (exact) mass is 345 g/mol. The highest BCUT2D eigenvalue weighted by Crippen LogP contribution is 2.34. The highest BCUT2D eigenvalue weighted by molar-refractivity contribution is 5.98. The van der Waals surface area contributed by atoms with Gasteiger partial charge in [-0.3, -0.25) is 9.69 Å². The molecule has 1 aromatic carbocycles. The molecule has 6 nitrogen and oxygen atoms in total. The van der Waals surface area contributed by atoms with Gasteiger partial charge in [0.2, 0.25) is 0 Å². The van der Waals surface area contributed by atoms with Gasteiger partial charge in [0, 0.05) is 39.3 Å². The van der Waals surface area contributed by atoms with Crippen LogP contribution in [0.25, 0.3) is 0 Å². The van der Waals surface area contributed by atoms with Crippen LogP contribution in [0.2, 0.25) is 0 Å². The summed E-state index contributed by atoms with van der Waals surface area (Å²) in [7, 11) is 0. The summed E-state index contributed by atoms with van der Waals surface area (Å²) in [6.07, 6.45) is 2.69. The van der Waals surface area contributed by atoms with Gasteiger partial charge in [0.25, 0.3) is 5.91 Å². The van der Waals surface area contributed by atoms with Crippen LogP contribution in [0.1, 0.15) is 23.2 Å². The van der Waals surface area contributed by atoms with Crippen LogP contribution < -0.4 is 9.47 Å². The summed E-state index contributed by atoms with van der Waals surface area (Å²) in [5, 5.41) is 0. The molecule has 0 aromatic heterocycles. The molecule has 0 saturated carbocycles. The third kappa shape index (κ3) is 3.75. The number of fused-ring (bicyclic) bond motifs is 1. The second kappa shape index (κ2) is 7.62. The predicted molar refractivity (Wildman–Crippen MR) is 95.4 cm³/mol. The zero-order chi connectivity index (χ0) is 17.1. The average molecular weight is 345 g/mol. The Morgan fingerprint density at radius 1 is 0.880 bits per heavy atom. The fourth-order valence-electron chi connectivity index (χ4n) is 3.88. The second-order valence-electron chi connectivity index (χ2n) is 7.01.